The van der Waals surface area contributed by atoms with Gasteiger partial charge < -0.3 is 9.47 Å². The summed E-state index contributed by atoms with van der Waals surface area (Å²) in [7, 11) is 2.04. The number of nitrogens with zero attached hydrogens (tertiary/aromatic N) is 5. The summed E-state index contributed by atoms with van der Waals surface area (Å²) in [5.74, 6) is 2.18. The fourth-order valence-electron chi connectivity index (χ4n) is 4.05. The number of thioether (sulfide) groups is 1. The van der Waals surface area contributed by atoms with Gasteiger partial charge in [-0.1, -0.05) is 30.8 Å². The van der Waals surface area contributed by atoms with Gasteiger partial charge in [0.2, 0.25) is 5.91 Å². The Balaban J connectivity index is 1.60. The van der Waals surface area contributed by atoms with Gasteiger partial charge in [-0.05, 0) is 61.9 Å². The van der Waals surface area contributed by atoms with Gasteiger partial charge in [-0.15, -0.1) is 10.2 Å². The van der Waals surface area contributed by atoms with Gasteiger partial charge in [-0.25, -0.2) is 0 Å². The molecule has 4 rings (SSSR count). The van der Waals surface area contributed by atoms with Gasteiger partial charge in [0.1, 0.15) is 5.82 Å². The Morgan fingerprint density at radius 1 is 1.13 bits per heavy atom. The van der Waals surface area contributed by atoms with Crippen LogP contribution < -0.4 is 0 Å². The second-order valence-electron chi connectivity index (χ2n) is 8.59. The molecule has 7 heteroatoms. The van der Waals surface area contributed by atoms with E-state index < -0.39 is 0 Å². The second kappa shape index (κ2) is 9.30. The molecule has 1 fully saturated rings. The lowest BCUT2D eigenvalue weighted by atomic mass is 9.99. The summed E-state index contributed by atoms with van der Waals surface area (Å²) in [5.41, 5.74) is 4.68. The fourth-order valence-corrected chi connectivity index (χ4v) is 4.91. The van der Waals surface area contributed by atoms with Crippen molar-refractivity contribution in [2.75, 3.05) is 18.8 Å². The number of piperidine rings is 1. The molecule has 0 aliphatic carbocycles. The predicted molar refractivity (Wildman–Crippen MR) is 125 cm³/mol. The van der Waals surface area contributed by atoms with Crippen molar-refractivity contribution >= 4 is 17.7 Å². The zero-order valence-corrected chi connectivity index (χ0v) is 19.7. The Hall–Kier alpha value is -2.54. The van der Waals surface area contributed by atoms with Crippen LogP contribution in [-0.2, 0) is 18.3 Å². The molecule has 0 atom stereocenters. The van der Waals surface area contributed by atoms with Crippen LogP contribution in [0.3, 0.4) is 0 Å². The van der Waals surface area contributed by atoms with E-state index >= 15 is 0 Å². The molecule has 1 aliphatic rings. The Bertz CT molecular complexity index is 1060. The van der Waals surface area contributed by atoms with Gasteiger partial charge in [0, 0.05) is 38.4 Å². The molecule has 2 aromatic heterocycles. The summed E-state index contributed by atoms with van der Waals surface area (Å²) < 4.78 is 4.24. The fraction of sp³-hybridized carbons (Fsp3) is 0.458. The molecular formula is C24H31N5OS. The smallest absolute Gasteiger partial charge is 0.233 e. The molecule has 3 heterocycles. The minimum atomic E-state index is 0.191. The third-order valence-electron chi connectivity index (χ3n) is 6.37. The molecule has 3 aromatic rings. The maximum Gasteiger partial charge on any atom is 0.233 e. The summed E-state index contributed by atoms with van der Waals surface area (Å²) >= 11 is 1.49. The van der Waals surface area contributed by atoms with E-state index in [1.165, 1.54) is 28.6 Å². The van der Waals surface area contributed by atoms with E-state index in [0.29, 0.717) is 18.1 Å². The molecule has 0 bridgehead atoms. The summed E-state index contributed by atoms with van der Waals surface area (Å²) in [5, 5.41) is 9.81. The highest BCUT2D eigenvalue weighted by atomic mass is 32.2. The Kier molecular flexibility index (Phi) is 6.51. The van der Waals surface area contributed by atoms with Gasteiger partial charge in [0.05, 0.1) is 11.4 Å². The van der Waals surface area contributed by atoms with Crippen LogP contribution in [-0.4, -0.2) is 49.0 Å². The SMILES string of the molecule is Cc1cccc(-n2c(Cc3cccn3C)nnc2SCC(=O)N2CCC(C)CC2)c1C. The molecule has 0 saturated carbocycles. The number of likely N-dealkylation sites (tertiary alicyclic amines) is 1. The van der Waals surface area contributed by atoms with Crippen molar-refractivity contribution in [2.24, 2.45) is 13.0 Å². The Morgan fingerprint density at radius 3 is 2.61 bits per heavy atom. The maximum atomic E-state index is 12.8. The maximum absolute atomic E-state index is 12.8. The highest BCUT2D eigenvalue weighted by Gasteiger charge is 2.23. The van der Waals surface area contributed by atoms with E-state index in [1.54, 1.807) is 0 Å². The minimum absolute atomic E-state index is 0.191. The van der Waals surface area contributed by atoms with Gasteiger partial charge in [0.25, 0.3) is 0 Å². The van der Waals surface area contributed by atoms with Gasteiger partial charge in [-0.3, -0.25) is 9.36 Å². The Labute approximate surface area is 188 Å². The van der Waals surface area contributed by atoms with E-state index in [1.807, 2.05) is 24.2 Å². The highest BCUT2D eigenvalue weighted by molar-refractivity contribution is 7.99. The molecule has 0 unspecified atom stereocenters. The van der Waals surface area contributed by atoms with Crippen LogP contribution in [0.25, 0.3) is 5.69 Å². The molecular weight excluding hydrogens is 406 g/mol. The molecule has 1 aromatic carbocycles. The van der Waals surface area contributed by atoms with E-state index in [9.17, 15) is 4.79 Å². The van der Waals surface area contributed by atoms with Gasteiger partial charge in [0.15, 0.2) is 5.16 Å². The van der Waals surface area contributed by atoms with Crippen LogP contribution in [0, 0.1) is 19.8 Å². The van der Waals surface area contributed by atoms with Crippen LogP contribution in [0.15, 0.2) is 41.7 Å². The van der Waals surface area contributed by atoms with E-state index in [0.717, 1.165) is 42.6 Å². The molecule has 0 N–H and O–H groups in total. The standard InChI is InChI=1S/C24H31N5OS/c1-17-10-13-28(14-11-17)23(30)16-31-24-26-25-22(15-20-8-6-12-27(20)4)29(24)21-9-5-7-18(2)19(21)3/h5-9,12,17H,10-11,13-16H2,1-4H3. The molecule has 1 aliphatic heterocycles. The first-order chi connectivity index (χ1) is 14.9. The van der Waals surface area contributed by atoms with Gasteiger partial charge >= 0.3 is 0 Å². The summed E-state index contributed by atoms with van der Waals surface area (Å²) in [4.78, 5) is 14.8. The van der Waals surface area contributed by atoms with Crippen molar-refractivity contribution in [2.45, 2.75) is 45.2 Å². The zero-order chi connectivity index (χ0) is 22.0. The molecule has 164 valence electrons. The molecule has 0 spiro atoms. The van der Waals surface area contributed by atoms with Crippen molar-refractivity contribution < 1.29 is 4.79 Å². The summed E-state index contributed by atoms with van der Waals surface area (Å²) in [6.45, 7) is 8.24. The molecule has 1 amide bonds. The number of amides is 1. The van der Waals surface area contributed by atoms with E-state index in [4.69, 9.17) is 0 Å². The number of aromatic nitrogens is 4. The number of rotatable bonds is 6. The summed E-state index contributed by atoms with van der Waals surface area (Å²) in [6.07, 6.45) is 4.91. The van der Waals surface area contributed by atoms with E-state index in [2.05, 4.69) is 64.4 Å². The van der Waals surface area contributed by atoms with Crippen molar-refractivity contribution in [3.05, 3.63) is 59.2 Å². The van der Waals surface area contributed by atoms with Crippen molar-refractivity contribution in [3.63, 3.8) is 0 Å². The van der Waals surface area contributed by atoms with Crippen molar-refractivity contribution in [3.8, 4) is 5.69 Å². The van der Waals surface area contributed by atoms with E-state index in [-0.39, 0.29) is 5.91 Å². The number of benzene rings is 1. The molecule has 6 nitrogen and oxygen atoms in total. The highest BCUT2D eigenvalue weighted by Crippen LogP contribution is 2.27. The van der Waals surface area contributed by atoms with Crippen LogP contribution >= 0.6 is 11.8 Å². The predicted octanol–water partition coefficient (Wildman–Crippen LogP) is 4.16. The lowest BCUT2D eigenvalue weighted by molar-refractivity contribution is -0.129. The molecule has 0 radical (unpaired) electrons. The first-order valence-electron chi connectivity index (χ1n) is 11.0. The number of aryl methyl sites for hydroxylation is 2. The lowest BCUT2D eigenvalue weighted by Crippen LogP contribution is -2.38. The number of carbonyl (C=O) groups is 1. The van der Waals surface area contributed by atoms with Crippen LogP contribution in [0.1, 0.15) is 42.4 Å². The molecule has 31 heavy (non-hydrogen) atoms. The average Bonchev–Trinajstić information content (AvgIpc) is 3.35. The third kappa shape index (κ3) is 4.71. The Morgan fingerprint density at radius 2 is 1.90 bits per heavy atom. The van der Waals surface area contributed by atoms with Crippen LogP contribution in [0.2, 0.25) is 0 Å². The first-order valence-corrected chi connectivity index (χ1v) is 11.9. The van der Waals surface area contributed by atoms with Crippen LogP contribution in [0.4, 0.5) is 0 Å². The minimum Gasteiger partial charge on any atom is -0.354 e. The van der Waals surface area contributed by atoms with Gasteiger partial charge in [-0.2, -0.15) is 0 Å². The largest absolute Gasteiger partial charge is 0.354 e. The third-order valence-corrected chi connectivity index (χ3v) is 7.28. The monoisotopic (exact) mass is 437 g/mol. The average molecular weight is 438 g/mol. The second-order valence-corrected chi connectivity index (χ2v) is 9.53. The van der Waals surface area contributed by atoms with Crippen molar-refractivity contribution in [1.82, 2.24) is 24.2 Å². The number of hydrogen-bond donors (Lipinski definition) is 0. The number of carbonyl (C=O) groups excluding carboxylic acids is 1. The first kappa shape index (κ1) is 21.7. The zero-order valence-electron chi connectivity index (χ0n) is 18.8. The lowest BCUT2D eigenvalue weighted by Gasteiger charge is -2.30. The van der Waals surface area contributed by atoms with Crippen molar-refractivity contribution in [1.29, 1.82) is 0 Å². The number of hydrogen-bond acceptors (Lipinski definition) is 4. The topological polar surface area (TPSA) is 56.0 Å². The quantitative estimate of drug-likeness (QED) is 0.543. The van der Waals surface area contributed by atoms with Crippen LogP contribution in [0.5, 0.6) is 0 Å². The molecule has 1 saturated heterocycles. The normalized spacial score (nSPS) is 14.9. The summed E-state index contributed by atoms with van der Waals surface area (Å²) in [6, 6.07) is 10.4.